The molecule has 1 saturated heterocycles. The first-order valence-electron chi connectivity index (χ1n) is 7.48. The molecule has 1 aliphatic heterocycles. The number of nitrogens with one attached hydrogen (secondary N) is 1. The lowest BCUT2D eigenvalue weighted by Crippen LogP contribution is -2.29. The highest BCUT2D eigenvalue weighted by molar-refractivity contribution is 7.10. The summed E-state index contributed by atoms with van der Waals surface area (Å²) in [5, 5.41) is 4.96. The lowest BCUT2D eigenvalue weighted by Gasteiger charge is -2.28. The Morgan fingerprint density at radius 2 is 1.86 bits per heavy atom. The van der Waals surface area contributed by atoms with Gasteiger partial charge in [0.05, 0.1) is 6.42 Å². The van der Waals surface area contributed by atoms with Gasteiger partial charge >= 0.3 is 0 Å². The number of amides is 1. The van der Waals surface area contributed by atoms with Gasteiger partial charge in [0.1, 0.15) is 0 Å². The monoisotopic (exact) mass is 300 g/mol. The van der Waals surface area contributed by atoms with Crippen LogP contribution in [0.25, 0.3) is 0 Å². The zero-order valence-electron chi connectivity index (χ0n) is 12.0. The number of carbonyl (C=O) groups excluding carboxylic acids is 1. The van der Waals surface area contributed by atoms with Crippen LogP contribution in [-0.2, 0) is 11.2 Å². The third-order valence-corrected chi connectivity index (χ3v) is 4.66. The summed E-state index contributed by atoms with van der Waals surface area (Å²) in [7, 11) is 0. The molecule has 0 atom stereocenters. The van der Waals surface area contributed by atoms with Gasteiger partial charge in [-0.1, -0.05) is 6.07 Å². The highest BCUT2D eigenvalue weighted by Gasteiger charge is 2.11. The maximum Gasteiger partial charge on any atom is 0.229 e. The largest absolute Gasteiger partial charge is 0.372 e. The Balaban J connectivity index is 1.57. The summed E-state index contributed by atoms with van der Waals surface area (Å²) in [4.78, 5) is 15.5. The van der Waals surface area contributed by atoms with Crippen LogP contribution in [0.15, 0.2) is 41.8 Å². The van der Waals surface area contributed by atoms with E-state index in [1.54, 1.807) is 11.3 Å². The summed E-state index contributed by atoms with van der Waals surface area (Å²) in [5.74, 6) is 0.0446. The number of rotatable bonds is 4. The topological polar surface area (TPSA) is 32.3 Å². The molecule has 1 aliphatic rings. The van der Waals surface area contributed by atoms with Gasteiger partial charge in [-0.3, -0.25) is 4.79 Å². The lowest BCUT2D eigenvalue weighted by molar-refractivity contribution is -0.115. The van der Waals surface area contributed by atoms with Crippen LogP contribution in [0.3, 0.4) is 0 Å². The van der Waals surface area contributed by atoms with Crippen molar-refractivity contribution in [2.24, 2.45) is 0 Å². The second-order valence-electron chi connectivity index (χ2n) is 5.40. The van der Waals surface area contributed by atoms with Gasteiger partial charge in [-0.25, -0.2) is 0 Å². The fourth-order valence-corrected chi connectivity index (χ4v) is 3.39. The zero-order chi connectivity index (χ0) is 14.5. The Morgan fingerprint density at radius 3 is 2.52 bits per heavy atom. The SMILES string of the molecule is O=C(Cc1cccs1)Nc1ccc(N2CCCCC2)cc1. The van der Waals surface area contributed by atoms with E-state index in [1.165, 1.54) is 24.9 Å². The lowest BCUT2D eigenvalue weighted by atomic mass is 10.1. The van der Waals surface area contributed by atoms with Gasteiger partial charge in [-0.2, -0.15) is 0 Å². The van der Waals surface area contributed by atoms with Crippen molar-refractivity contribution in [2.75, 3.05) is 23.3 Å². The first kappa shape index (κ1) is 14.1. The average molecular weight is 300 g/mol. The van der Waals surface area contributed by atoms with Gasteiger partial charge in [0.25, 0.3) is 0 Å². The maximum atomic E-state index is 12.0. The molecule has 0 bridgehead atoms. The Bertz CT molecular complexity index is 571. The molecule has 1 aromatic heterocycles. The number of nitrogens with zero attached hydrogens (tertiary/aromatic N) is 1. The van der Waals surface area contributed by atoms with Crippen LogP contribution in [-0.4, -0.2) is 19.0 Å². The third-order valence-electron chi connectivity index (χ3n) is 3.79. The van der Waals surface area contributed by atoms with Crippen LogP contribution in [0.4, 0.5) is 11.4 Å². The Hall–Kier alpha value is -1.81. The standard InChI is InChI=1S/C17H20N2OS/c20-17(13-16-5-4-12-21-16)18-14-6-8-15(9-7-14)19-10-2-1-3-11-19/h4-9,12H,1-3,10-11,13H2,(H,18,20). The van der Waals surface area contributed by atoms with Crippen molar-refractivity contribution in [1.82, 2.24) is 0 Å². The van der Waals surface area contributed by atoms with E-state index in [9.17, 15) is 4.79 Å². The van der Waals surface area contributed by atoms with E-state index < -0.39 is 0 Å². The van der Waals surface area contributed by atoms with Crippen molar-refractivity contribution in [3.05, 3.63) is 46.7 Å². The molecule has 1 amide bonds. The molecule has 21 heavy (non-hydrogen) atoms. The fourth-order valence-electron chi connectivity index (χ4n) is 2.68. The maximum absolute atomic E-state index is 12.0. The number of thiophene rings is 1. The molecule has 4 heteroatoms. The quantitative estimate of drug-likeness (QED) is 0.928. The minimum atomic E-state index is 0.0446. The number of carbonyl (C=O) groups is 1. The molecule has 2 heterocycles. The van der Waals surface area contributed by atoms with E-state index in [0.717, 1.165) is 23.7 Å². The first-order valence-corrected chi connectivity index (χ1v) is 8.36. The smallest absolute Gasteiger partial charge is 0.229 e. The van der Waals surface area contributed by atoms with Crippen molar-refractivity contribution >= 4 is 28.6 Å². The van der Waals surface area contributed by atoms with Crippen LogP contribution in [0.1, 0.15) is 24.1 Å². The number of benzene rings is 1. The molecule has 2 aromatic rings. The second kappa shape index (κ2) is 6.76. The number of piperidine rings is 1. The van der Waals surface area contributed by atoms with Gasteiger partial charge < -0.3 is 10.2 Å². The first-order chi connectivity index (χ1) is 10.3. The van der Waals surface area contributed by atoms with Crippen molar-refractivity contribution in [1.29, 1.82) is 0 Å². The Morgan fingerprint density at radius 1 is 1.10 bits per heavy atom. The van der Waals surface area contributed by atoms with Crippen molar-refractivity contribution < 1.29 is 4.79 Å². The highest BCUT2D eigenvalue weighted by atomic mass is 32.1. The van der Waals surface area contributed by atoms with Crippen molar-refractivity contribution in [3.8, 4) is 0 Å². The van der Waals surface area contributed by atoms with Gasteiger partial charge in [0.15, 0.2) is 0 Å². The molecule has 0 radical (unpaired) electrons. The number of hydrogen-bond donors (Lipinski definition) is 1. The van der Waals surface area contributed by atoms with Crippen LogP contribution >= 0.6 is 11.3 Å². The molecule has 1 N–H and O–H groups in total. The molecule has 1 fully saturated rings. The van der Waals surface area contributed by atoms with E-state index >= 15 is 0 Å². The molecule has 0 spiro atoms. The molecule has 0 saturated carbocycles. The summed E-state index contributed by atoms with van der Waals surface area (Å²) in [5.41, 5.74) is 2.13. The summed E-state index contributed by atoms with van der Waals surface area (Å²) in [6.45, 7) is 2.29. The Kier molecular flexibility index (Phi) is 4.55. The average Bonchev–Trinajstić information content (AvgIpc) is 3.02. The van der Waals surface area contributed by atoms with E-state index in [0.29, 0.717) is 6.42 Å². The van der Waals surface area contributed by atoms with Gasteiger partial charge in [0, 0.05) is 29.3 Å². The van der Waals surface area contributed by atoms with Crippen LogP contribution in [0, 0.1) is 0 Å². The second-order valence-corrected chi connectivity index (χ2v) is 6.43. The van der Waals surface area contributed by atoms with Crippen LogP contribution in [0.5, 0.6) is 0 Å². The van der Waals surface area contributed by atoms with Crippen molar-refractivity contribution in [2.45, 2.75) is 25.7 Å². The van der Waals surface area contributed by atoms with Gasteiger partial charge in [-0.15, -0.1) is 11.3 Å². The molecule has 1 aromatic carbocycles. The van der Waals surface area contributed by atoms with Crippen LogP contribution < -0.4 is 10.2 Å². The summed E-state index contributed by atoms with van der Waals surface area (Å²) in [6, 6.07) is 12.2. The summed E-state index contributed by atoms with van der Waals surface area (Å²) < 4.78 is 0. The molecule has 3 nitrogen and oxygen atoms in total. The summed E-state index contributed by atoms with van der Waals surface area (Å²) >= 11 is 1.62. The molecule has 0 unspecified atom stereocenters. The Labute approximate surface area is 129 Å². The number of anilines is 2. The zero-order valence-corrected chi connectivity index (χ0v) is 12.9. The molecule has 110 valence electrons. The normalized spacial score (nSPS) is 15.0. The van der Waals surface area contributed by atoms with E-state index in [2.05, 4.69) is 22.3 Å². The predicted octanol–water partition coefficient (Wildman–Crippen LogP) is 3.92. The highest BCUT2D eigenvalue weighted by Crippen LogP contribution is 2.22. The van der Waals surface area contributed by atoms with Gasteiger partial charge in [-0.05, 0) is 55.0 Å². The molecule has 0 aliphatic carbocycles. The minimum Gasteiger partial charge on any atom is -0.372 e. The third kappa shape index (κ3) is 3.85. The van der Waals surface area contributed by atoms with Gasteiger partial charge in [0.2, 0.25) is 5.91 Å². The minimum absolute atomic E-state index is 0.0446. The van der Waals surface area contributed by atoms with Crippen LogP contribution in [0.2, 0.25) is 0 Å². The predicted molar refractivity (Wildman–Crippen MR) is 89.2 cm³/mol. The molecule has 3 rings (SSSR count). The number of hydrogen-bond acceptors (Lipinski definition) is 3. The molecular weight excluding hydrogens is 280 g/mol. The summed E-state index contributed by atoms with van der Waals surface area (Å²) in [6.07, 6.45) is 4.34. The van der Waals surface area contributed by atoms with Crippen molar-refractivity contribution in [3.63, 3.8) is 0 Å². The molecular formula is C17H20N2OS. The van der Waals surface area contributed by atoms with E-state index in [4.69, 9.17) is 0 Å². The fraction of sp³-hybridized carbons (Fsp3) is 0.353. The van der Waals surface area contributed by atoms with E-state index in [1.807, 2.05) is 29.6 Å². The van der Waals surface area contributed by atoms with E-state index in [-0.39, 0.29) is 5.91 Å².